The summed E-state index contributed by atoms with van der Waals surface area (Å²) in [5, 5.41) is 12.9. The van der Waals surface area contributed by atoms with Crippen molar-refractivity contribution in [2.45, 2.75) is 30.5 Å². The zero-order valence-electron chi connectivity index (χ0n) is 13.8. The minimum Gasteiger partial charge on any atom is -0.472 e. The average molecular weight is 381 g/mol. The summed E-state index contributed by atoms with van der Waals surface area (Å²) >= 11 is 1.34. The molecule has 0 fully saturated rings. The Bertz CT molecular complexity index is 878. The van der Waals surface area contributed by atoms with Gasteiger partial charge in [-0.1, -0.05) is 6.07 Å². The third-order valence-corrected chi connectivity index (χ3v) is 6.20. The highest BCUT2D eigenvalue weighted by Crippen LogP contribution is 2.33. The number of thiophene rings is 1. The van der Waals surface area contributed by atoms with Gasteiger partial charge in [0.05, 0.1) is 18.9 Å². The summed E-state index contributed by atoms with van der Waals surface area (Å²) in [6.45, 7) is 3.63. The molecule has 3 aromatic rings. The molecule has 3 rings (SSSR count). The summed E-state index contributed by atoms with van der Waals surface area (Å²) in [7, 11) is -3.86. The van der Waals surface area contributed by atoms with E-state index >= 15 is 0 Å². The fraction of sp³-hybridized carbons (Fsp3) is 0.312. The second kappa shape index (κ2) is 6.75. The molecule has 7 nitrogen and oxygen atoms in total. The van der Waals surface area contributed by atoms with Crippen LogP contribution in [0.5, 0.6) is 0 Å². The largest absolute Gasteiger partial charge is 0.472 e. The van der Waals surface area contributed by atoms with Crippen LogP contribution in [-0.4, -0.2) is 29.6 Å². The Morgan fingerprint density at radius 1 is 1.44 bits per heavy atom. The Kier molecular flexibility index (Phi) is 4.83. The molecule has 0 saturated heterocycles. The van der Waals surface area contributed by atoms with E-state index < -0.39 is 15.6 Å². The standard InChI is InChI=1S/C16H19N3O4S2/c1-12(2)19-8-15(17-11-19)25(21,22)18-10-16(20,13-5-6-23-9-13)14-4-3-7-24-14/h3-9,11-12,18,20H,10H2,1-2H3/t16-/m0/s1. The fourth-order valence-corrected chi connectivity index (χ4v) is 4.20. The van der Waals surface area contributed by atoms with Crippen molar-refractivity contribution in [2.24, 2.45) is 0 Å². The molecule has 1 atom stereocenters. The highest BCUT2D eigenvalue weighted by atomic mass is 32.2. The van der Waals surface area contributed by atoms with Crippen LogP contribution >= 0.6 is 11.3 Å². The number of aliphatic hydroxyl groups is 1. The molecule has 0 aliphatic heterocycles. The van der Waals surface area contributed by atoms with Gasteiger partial charge in [0.2, 0.25) is 0 Å². The molecule has 0 aliphatic rings. The van der Waals surface area contributed by atoms with Gasteiger partial charge in [-0.2, -0.15) is 0 Å². The van der Waals surface area contributed by atoms with Gasteiger partial charge in [0, 0.05) is 29.2 Å². The van der Waals surface area contributed by atoms with Crippen molar-refractivity contribution in [1.29, 1.82) is 0 Å². The summed E-state index contributed by atoms with van der Waals surface area (Å²) in [6.07, 6.45) is 5.78. The lowest BCUT2D eigenvalue weighted by Crippen LogP contribution is -2.41. The van der Waals surface area contributed by atoms with Crippen molar-refractivity contribution in [2.75, 3.05) is 6.54 Å². The quantitative estimate of drug-likeness (QED) is 0.655. The minimum absolute atomic E-state index is 0.0816. The molecule has 0 bridgehead atoms. The number of aromatic nitrogens is 2. The van der Waals surface area contributed by atoms with Gasteiger partial charge >= 0.3 is 0 Å². The molecule has 0 saturated carbocycles. The molecule has 0 aromatic carbocycles. The smallest absolute Gasteiger partial charge is 0.259 e. The van der Waals surface area contributed by atoms with Gasteiger partial charge in [0.25, 0.3) is 10.0 Å². The summed E-state index contributed by atoms with van der Waals surface area (Å²) in [4.78, 5) is 4.57. The maximum absolute atomic E-state index is 12.5. The van der Waals surface area contributed by atoms with E-state index in [0.717, 1.165) is 0 Å². The average Bonchev–Trinajstić information content (AvgIpc) is 3.35. The molecule has 134 valence electrons. The molecule has 9 heteroatoms. The second-order valence-electron chi connectivity index (χ2n) is 5.93. The first kappa shape index (κ1) is 17.9. The number of sulfonamides is 1. The van der Waals surface area contributed by atoms with Crippen LogP contribution in [0.15, 0.2) is 58.1 Å². The lowest BCUT2D eigenvalue weighted by molar-refractivity contribution is 0.0891. The molecule has 2 N–H and O–H groups in total. The zero-order chi connectivity index (χ0) is 18.1. The highest BCUT2D eigenvalue weighted by Gasteiger charge is 2.35. The van der Waals surface area contributed by atoms with Gasteiger partial charge in [-0.25, -0.2) is 18.1 Å². The van der Waals surface area contributed by atoms with Crippen LogP contribution in [0.4, 0.5) is 0 Å². The van der Waals surface area contributed by atoms with E-state index in [4.69, 9.17) is 4.42 Å². The summed E-state index contributed by atoms with van der Waals surface area (Å²) in [6, 6.07) is 5.26. The first-order valence-electron chi connectivity index (χ1n) is 7.65. The molecule has 25 heavy (non-hydrogen) atoms. The van der Waals surface area contributed by atoms with Gasteiger partial charge in [0.1, 0.15) is 5.60 Å². The Hall–Kier alpha value is -1.94. The predicted molar refractivity (Wildman–Crippen MR) is 93.8 cm³/mol. The Morgan fingerprint density at radius 2 is 2.24 bits per heavy atom. The van der Waals surface area contributed by atoms with Crippen LogP contribution in [0.3, 0.4) is 0 Å². The van der Waals surface area contributed by atoms with Gasteiger partial charge in [-0.05, 0) is 31.4 Å². The Balaban J connectivity index is 1.86. The SMILES string of the molecule is CC(C)n1cnc(S(=O)(=O)NC[C@](O)(c2ccoc2)c2cccs2)c1. The van der Waals surface area contributed by atoms with E-state index in [1.165, 1.54) is 36.4 Å². The molecule has 3 heterocycles. The topological polar surface area (TPSA) is 97.4 Å². The lowest BCUT2D eigenvalue weighted by Gasteiger charge is -2.26. The van der Waals surface area contributed by atoms with Gasteiger partial charge in [0.15, 0.2) is 5.03 Å². The van der Waals surface area contributed by atoms with Crippen molar-refractivity contribution in [3.05, 3.63) is 59.1 Å². The van der Waals surface area contributed by atoms with Crippen molar-refractivity contribution >= 4 is 21.4 Å². The summed E-state index contributed by atoms with van der Waals surface area (Å²) in [5.41, 5.74) is -1.04. The zero-order valence-corrected chi connectivity index (χ0v) is 15.4. The van der Waals surface area contributed by atoms with Crippen LogP contribution in [0.25, 0.3) is 0 Å². The second-order valence-corrected chi connectivity index (χ2v) is 8.59. The third kappa shape index (κ3) is 3.54. The molecule has 0 aliphatic carbocycles. The molecular weight excluding hydrogens is 362 g/mol. The maximum Gasteiger partial charge on any atom is 0.259 e. The van der Waals surface area contributed by atoms with Crippen LogP contribution in [-0.2, 0) is 15.6 Å². The minimum atomic E-state index is -3.86. The lowest BCUT2D eigenvalue weighted by atomic mass is 9.95. The summed E-state index contributed by atoms with van der Waals surface area (Å²) < 4.78 is 34.3. The number of hydrogen-bond acceptors (Lipinski definition) is 6. The van der Waals surface area contributed by atoms with Crippen LogP contribution in [0.2, 0.25) is 0 Å². The Morgan fingerprint density at radius 3 is 2.80 bits per heavy atom. The maximum atomic E-state index is 12.5. The van der Waals surface area contributed by atoms with Gasteiger partial charge in [-0.3, -0.25) is 0 Å². The number of imidazole rings is 1. The first-order chi connectivity index (χ1) is 11.8. The third-order valence-electron chi connectivity index (χ3n) is 3.89. The van der Waals surface area contributed by atoms with Gasteiger partial charge in [-0.15, -0.1) is 11.3 Å². The van der Waals surface area contributed by atoms with Crippen molar-refractivity contribution in [3.8, 4) is 0 Å². The molecule has 0 unspecified atom stereocenters. The summed E-state index contributed by atoms with van der Waals surface area (Å²) in [5.74, 6) is 0. The van der Waals surface area contributed by atoms with E-state index in [-0.39, 0.29) is 17.6 Å². The number of rotatable bonds is 7. The normalized spacial score (nSPS) is 14.7. The molecular formula is C16H19N3O4S2. The van der Waals surface area contributed by atoms with E-state index in [9.17, 15) is 13.5 Å². The van der Waals surface area contributed by atoms with Crippen LogP contribution in [0, 0.1) is 0 Å². The van der Waals surface area contributed by atoms with Crippen LogP contribution < -0.4 is 4.72 Å². The number of nitrogens with one attached hydrogen (secondary N) is 1. The van der Waals surface area contributed by atoms with Crippen molar-refractivity contribution in [1.82, 2.24) is 14.3 Å². The fourth-order valence-electron chi connectivity index (χ4n) is 2.36. The monoisotopic (exact) mass is 381 g/mol. The van der Waals surface area contributed by atoms with E-state index in [1.54, 1.807) is 22.8 Å². The van der Waals surface area contributed by atoms with E-state index in [0.29, 0.717) is 10.4 Å². The first-order valence-corrected chi connectivity index (χ1v) is 10.0. The van der Waals surface area contributed by atoms with Crippen molar-refractivity contribution in [3.63, 3.8) is 0 Å². The van der Waals surface area contributed by atoms with Crippen LogP contribution in [0.1, 0.15) is 30.3 Å². The number of nitrogens with zero attached hydrogens (tertiary/aromatic N) is 2. The molecule has 3 aromatic heterocycles. The highest BCUT2D eigenvalue weighted by molar-refractivity contribution is 7.89. The number of furan rings is 1. The van der Waals surface area contributed by atoms with E-state index in [1.807, 2.05) is 19.2 Å². The van der Waals surface area contributed by atoms with Gasteiger partial charge < -0.3 is 14.1 Å². The predicted octanol–water partition coefficient (Wildman–Crippen LogP) is 2.33. The molecule has 0 spiro atoms. The molecule has 0 amide bonds. The Labute approximate surface area is 150 Å². The number of hydrogen-bond donors (Lipinski definition) is 2. The van der Waals surface area contributed by atoms with Crippen molar-refractivity contribution < 1.29 is 17.9 Å². The molecule has 0 radical (unpaired) electrons. The van der Waals surface area contributed by atoms with E-state index in [2.05, 4.69) is 9.71 Å².